The van der Waals surface area contributed by atoms with Crippen LogP contribution in [0.4, 0.5) is 0 Å². The fourth-order valence-electron chi connectivity index (χ4n) is 1.51. The van der Waals surface area contributed by atoms with E-state index < -0.39 is 8.07 Å². The van der Waals surface area contributed by atoms with Crippen LogP contribution in [0.2, 0.25) is 19.1 Å². The zero-order valence-corrected chi connectivity index (χ0v) is 10.1. The summed E-state index contributed by atoms with van der Waals surface area (Å²) in [5, 5.41) is 0. The highest BCUT2D eigenvalue weighted by atomic mass is 28.3. The van der Waals surface area contributed by atoms with Gasteiger partial charge in [-0.25, -0.2) is 0 Å². The van der Waals surface area contributed by atoms with Crippen molar-refractivity contribution in [2.75, 3.05) is 19.3 Å². The predicted molar refractivity (Wildman–Crippen MR) is 60.3 cm³/mol. The molecule has 0 saturated carbocycles. The second kappa shape index (κ2) is 5.54. The zero-order chi connectivity index (χ0) is 9.61. The molecule has 2 heteroatoms. The molecule has 12 heavy (non-hydrogen) atoms. The summed E-state index contributed by atoms with van der Waals surface area (Å²) in [5.74, 6) is 0. The average molecular weight is 185 g/mol. The van der Waals surface area contributed by atoms with E-state index in [-0.39, 0.29) is 0 Å². The molecule has 0 heterocycles. The first-order valence-electron chi connectivity index (χ1n) is 4.89. The third kappa shape index (κ3) is 4.73. The molecule has 0 fully saturated rings. The molecule has 0 aliphatic rings. The lowest BCUT2D eigenvalue weighted by atomic mass is 10.6. The van der Waals surface area contributed by atoms with Crippen LogP contribution >= 0.6 is 0 Å². The van der Waals surface area contributed by atoms with E-state index in [1.807, 2.05) is 0 Å². The highest BCUT2D eigenvalue weighted by Crippen LogP contribution is 2.11. The quantitative estimate of drug-likeness (QED) is 0.454. The Bertz CT molecular complexity index is 128. The number of rotatable bonds is 6. The Morgan fingerprint density at radius 3 is 2.08 bits per heavy atom. The van der Waals surface area contributed by atoms with E-state index in [4.69, 9.17) is 0 Å². The van der Waals surface area contributed by atoms with Crippen molar-refractivity contribution >= 4 is 8.07 Å². The van der Waals surface area contributed by atoms with Crippen molar-refractivity contribution in [1.29, 1.82) is 0 Å². The maximum absolute atomic E-state index is 3.82. The van der Waals surface area contributed by atoms with Gasteiger partial charge in [0.25, 0.3) is 0 Å². The van der Waals surface area contributed by atoms with Crippen molar-refractivity contribution in [2.24, 2.45) is 0 Å². The summed E-state index contributed by atoms with van der Waals surface area (Å²) in [7, 11) is -1.00. The molecular formula is C10H23NSi. The molecule has 72 valence electrons. The van der Waals surface area contributed by atoms with Crippen LogP contribution in [0.5, 0.6) is 0 Å². The Kier molecular flexibility index (Phi) is 5.50. The molecule has 0 aromatic rings. The first kappa shape index (κ1) is 11.9. The minimum Gasteiger partial charge on any atom is -0.307 e. The number of hydrogen-bond donors (Lipinski definition) is 0. The van der Waals surface area contributed by atoms with E-state index >= 15 is 0 Å². The van der Waals surface area contributed by atoms with Crippen LogP contribution in [0, 0.1) is 0 Å². The molecule has 0 aliphatic heterocycles. The van der Waals surface area contributed by atoms with Crippen molar-refractivity contribution in [1.82, 2.24) is 4.90 Å². The Morgan fingerprint density at radius 2 is 1.75 bits per heavy atom. The molecule has 0 aliphatic carbocycles. The van der Waals surface area contributed by atoms with Gasteiger partial charge >= 0.3 is 0 Å². The standard InChI is InChI=1S/C10H23NSi/c1-6-9-12(4,5)10-11(7-2)8-3/h6H,1,7-10H2,2-5H3. The second-order valence-corrected chi connectivity index (χ2v) is 9.17. The van der Waals surface area contributed by atoms with Crippen LogP contribution in [0.15, 0.2) is 12.7 Å². The van der Waals surface area contributed by atoms with Crippen LogP contribution in [-0.2, 0) is 0 Å². The fraction of sp³-hybridized carbons (Fsp3) is 0.800. The monoisotopic (exact) mass is 185 g/mol. The highest BCUT2D eigenvalue weighted by molar-refractivity contribution is 6.77. The highest BCUT2D eigenvalue weighted by Gasteiger charge is 2.20. The van der Waals surface area contributed by atoms with Gasteiger partial charge in [0, 0.05) is 0 Å². The number of allylic oxidation sites excluding steroid dienone is 1. The Labute approximate surface area is 78.5 Å². The van der Waals surface area contributed by atoms with E-state index in [2.05, 4.69) is 44.5 Å². The average Bonchev–Trinajstić information content (AvgIpc) is 2.00. The topological polar surface area (TPSA) is 3.24 Å². The summed E-state index contributed by atoms with van der Waals surface area (Å²) >= 11 is 0. The number of hydrogen-bond acceptors (Lipinski definition) is 1. The van der Waals surface area contributed by atoms with Gasteiger partial charge in [0.1, 0.15) is 0 Å². The fourth-order valence-corrected chi connectivity index (χ4v) is 4.08. The van der Waals surface area contributed by atoms with Crippen LogP contribution in [0.3, 0.4) is 0 Å². The summed E-state index contributed by atoms with van der Waals surface area (Å²) in [6.45, 7) is 15.5. The van der Waals surface area contributed by atoms with Crippen LogP contribution in [0.1, 0.15) is 13.8 Å². The molecule has 0 amide bonds. The lowest BCUT2D eigenvalue weighted by Gasteiger charge is -2.28. The molecule has 0 saturated heterocycles. The Hall–Kier alpha value is -0.0831. The zero-order valence-electron chi connectivity index (χ0n) is 9.06. The second-order valence-electron chi connectivity index (χ2n) is 4.12. The largest absolute Gasteiger partial charge is 0.307 e. The molecular weight excluding hydrogens is 162 g/mol. The van der Waals surface area contributed by atoms with Gasteiger partial charge in [0.05, 0.1) is 8.07 Å². The van der Waals surface area contributed by atoms with E-state index in [1.54, 1.807) is 0 Å². The smallest absolute Gasteiger partial charge is 0.0666 e. The predicted octanol–water partition coefficient (Wildman–Crippen LogP) is 2.76. The molecule has 0 N–H and O–H groups in total. The maximum Gasteiger partial charge on any atom is 0.0666 e. The van der Waals surface area contributed by atoms with Gasteiger partial charge in [-0.3, -0.25) is 0 Å². The Balaban J connectivity index is 3.92. The van der Waals surface area contributed by atoms with Crippen molar-refractivity contribution in [3.8, 4) is 0 Å². The van der Waals surface area contributed by atoms with E-state index in [0.717, 1.165) is 0 Å². The molecule has 0 aromatic carbocycles. The summed E-state index contributed by atoms with van der Waals surface area (Å²) in [4.78, 5) is 2.52. The molecule has 0 bridgehead atoms. The minimum atomic E-state index is -1.00. The van der Waals surface area contributed by atoms with Crippen molar-refractivity contribution in [2.45, 2.75) is 33.0 Å². The SMILES string of the molecule is C=CC[Si](C)(C)CN(CC)CC. The lowest BCUT2D eigenvalue weighted by Crippen LogP contribution is -2.42. The molecule has 0 spiro atoms. The Morgan fingerprint density at radius 1 is 1.25 bits per heavy atom. The third-order valence-electron chi connectivity index (χ3n) is 2.24. The van der Waals surface area contributed by atoms with Gasteiger partial charge < -0.3 is 4.90 Å². The van der Waals surface area contributed by atoms with Crippen LogP contribution in [0.25, 0.3) is 0 Å². The van der Waals surface area contributed by atoms with Crippen molar-refractivity contribution in [3.63, 3.8) is 0 Å². The third-order valence-corrected chi connectivity index (χ3v) is 4.94. The van der Waals surface area contributed by atoms with E-state index in [0.29, 0.717) is 0 Å². The van der Waals surface area contributed by atoms with Gasteiger partial charge in [-0.2, -0.15) is 0 Å². The maximum atomic E-state index is 3.82. The first-order chi connectivity index (χ1) is 5.55. The van der Waals surface area contributed by atoms with Gasteiger partial charge in [-0.1, -0.05) is 33.0 Å². The first-order valence-corrected chi connectivity index (χ1v) is 8.30. The molecule has 0 atom stereocenters. The van der Waals surface area contributed by atoms with Gasteiger partial charge in [0.15, 0.2) is 0 Å². The molecule has 0 rings (SSSR count). The lowest BCUT2D eigenvalue weighted by molar-refractivity contribution is 0.347. The van der Waals surface area contributed by atoms with Gasteiger partial charge in [0.2, 0.25) is 0 Å². The number of nitrogens with zero attached hydrogens (tertiary/aromatic N) is 1. The van der Waals surface area contributed by atoms with Crippen LogP contribution < -0.4 is 0 Å². The minimum absolute atomic E-state index is 1.00. The summed E-state index contributed by atoms with van der Waals surface area (Å²) < 4.78 is 0. The molecule has 0 radical (unpaired) electrons. The van der Waals surface area contributed by atoms with Crippen molar-refractivity contribution < 1.29 is 0 Å². The molecule has 0 aromatic heterocycles. The normalized spacial score (nSPS) is 12.1. The molecule has 1 nitrogen and oxygen atoms in total. The van der Waals surface area contributed by atoms with Gasteiger partial charge in [-0.15, -0.1) is 6.58 Å². The van der Waals surface area contributed by atoms with Crippen molar-refractivity contribution in [3.05, 3.63) is 12.7 Å². The summed E-state index contributed by atoms with van der Waals surface area (Å²) in [6, 6.07) is 1.24. The molecule has 0 unspecified atom stereocenters. The van der Waals surface area contributed by atoms with Crippen LogP contribution in [-0.4, -0.2) is 32.2 Å². The van der Waals surface area contributed by atoms with E-state index in [1.165, 1.54) is 25.3 Å². The summed E-state index contributed by atoms with van der Waals surface area (Å²) in [6.07, 6.45) is 3.39. The summed E-state index contributed by atoms with van der Waals surface area (Å²) in [5.41, 5.74) is 0. The van der Waals surface area contributed by atoms with E-state index in [9.17, 15) is 0 Å². The van der Waals surface area contributed by atoms with Gasteiger partial charge in [-0.05, 0) is 25.3 Å².